The van der Waals surface area contributed by atoms with Gasteiger partial charge in [0.1, 0.15) is 0 Å². The van der Waals surface area contributed by atoms with E-state index in [2.05, 4.69) is 4.74 Å². The number of rotatable bonds is 7. The smallest absolute Gasteiger partial charge is 0.305 e. The van der Waals surface area contributed by atoms with Crippen molar-refractivity contribution in [2.75, 3.05) is 19.4 Å². The van der Waals surface area contributed by atoms with Crippen LogP contribution in [0.2, 0.25) is 0 Å². The summed E-state index contributed by atoms with van der Waals surface area (Å²) in [5.41, 5.74) is 0. The number of nitrogens with zero attached hydrogens (tertiary/aromatic N) is 1. The van der Waals surface area contributed by atoms with Gasteiger partial charge in [0.05, 0.1) is 12.9 Å². The molecule has 5 nitrogen and oxygen atoms in total. The maximum atomic E-state index is 12.4. The molecule has 1 fully saturated rings. The van der Waals surface area contributed by atoms with Crippen molar-refractivity contribution in [3.63, 3.8) is 0 Å². The fourth-order valence-electron chi connectivity index (χ4n) is 2.51. The maximum absolute atomic E-state index is 12.4. The number of ether oxygens (including phenoxy) is 1. The highest BCUT2D eigenvalue weighted by molar-refractivity contribution is 7.89. The molecule has 1 aliphatic heterocycles. The average molecular weight is 343 g/mol. The van der Waals surface area contributed by atoms with Gasteiger partial charge in [-0.25, -0.2) is 8.42 Å². The Morgan fingerprint density at radius 1 is 1.55 bits per heavy atom. The highest BCUT2D eigenvalue weighted by atomic mass is 32.2. The molecule has 1 atom stereocenters. The van der Waals surface area contributed by atoms with Crippen LogP contribution in [0.1, 0.15) is 30.6 Å². The molecule has 1 saturated heterocycles. The van der Waals surface area contributed by atoms with Crippen LogP contribution in [-0.4, -0.2) is 44.1 Å². The summed E-state index contributed by atoms with van der Waals surface area (Å²) in [5, 5.41) is 2.00. The van der Waals surface area contributed by atoms with Gasteiger partial charge in [0.15, 0.2) is 0 Å². The lowest BCUT2D eigenvalue weighted by atomic mass is 10.2. The molecule has 0 aromatic carbocycles. The molecule has 1 aromatic heterocycles. The van der Waals surface area contributed by atoms with Crippen LogP contribution < -0.4 is 0 Å². The van der Waals surface area contributed by atoms with Crippen LogP contribution >= 0.6 is 11.3 Å². The molecule has 0 radical (unpaired) electrons. The third-order valence-electron chi connectivity index (χ3n) is 3.64. The topological polar surface area (TPSA) is 63.7 Å². The Labute approximate surface area is 135 Å². The van der Waals surface area contributed by atoms with E-state index in [1.165, 1.54) is 7.11 Å². The number of carbonyl (C=O) groups is 1. The largest absolute Gasteiger partial charge is 0.469 e. The highest BCUT2D eigenvalue weighted by Gasteiger charge is 2.32. The van der Waals surface area contributed by atoms with Gasteiger partial charge in [0, 0.05) is 23.9 Å². The van der Waals surface area contributed by atoms with Crippen molar-refractivity contribution < 1.29 is 17.9 Å². The zero-order chi connectivity index (χ0) is 16.0. The first-order valence-electron chi connectivity index (χ1n) is 7.31. The second kappa shape index (κ2) is 7.89. The summed E-state index contributed by atoms with van der Waals surface area (Å²) in [5.74, 6) is -0.378. The molecule has 0 amide bonds. The minimum Gasteiger partial charge on any atom is -0.469 e. The minimum atomic E-state index is -3.33. The third-order valence-corrected chi connectivity index (χ3v) is 6.45. The molecule has 0 bridgehead atoms. The average Bonchev–Trinajstić information content (AvgIpc) is 3.16. The molecule has 7 heteroatoms. The number of hydrogen-bond acceptors (Lipinski definition) is 5. The molecule has 22 heavy (non-hydrogen) atoms. The number of thiophene rings is 1. The van der Waals surface area contributed by atoms with Gasteiger partial charge in [-0.15, -0.1) is 11.3 Å². The van der Waals surface area contributed by atoms with E-state index < -0.39 is 10.0 Å². The number of sulfonamides is 1. The van der Waals surface area contributed by atoms with Crippen LogP contribution in [0.3, 0.4) is 0 Å². The van der Waals surface area contributed by atoms with Crippen molar-refractivity contribution >= 4 is 33.4 Å². The predicted molar refractivity (Wildman–Crippen MR) is 88.1 cm³/mol. The van der Waals surface area contributed by atoms with Crippen LogP contribution in [0.15, 0.2) is 23.6 Å². The fraction of sp³-hybridized carbons (Fsp3) is 0.533. The van der Waals surface area contributed by atoms with Crippen molar-refractivity contribution in [3.8, 4) is 0 Å². The lowest BCUT2D eigenvalue weighted by molar-refractivity contribution is -0.140. The van der Waals surface area contributed by atoms with Crippen molar-refractivity contribution in [1.29, 1.82) is 0 Å². The van der Waals surface area contributed by atoms with E-state index in [9.17, 15) is 13.2 Å². The summed E-state index contributed by atoms with van der Waals surface area (Å²) in [7, 11) is -2.02. The molecule has 0 saturated carbocycles. The van der Waals surface area contributed by atoms with Crippen LogP contribution in [0.5, 0.6) is 0 Å². The second-order valence-electron chi connectivity index (χ2n) is 5.19. The lowest BCUT2D eigenvalue weighted by Crippen LogP contribution is -2.36. The van der Waals surface area contributed by atoms with Crippen LogP contribution in [0.25, 0.3) is 6.08 Å². The first-order chi connectivity index (χ1) is 10.5. The molecule has 2 rings (SSSR count). The molecular formula is C15H21NO4S2. The van der Waals surface area contributed by atoms with E-state index in [4.69, 9.17) is 0 Å². The van der Waals surface area contributed by atoms with Crippen LogP contribution in [0, 0.1) is 0 Å². The molecule has 1 unspecified atom stereocenters. The minimum absolute atomic E-state index is 0.00849. The molecule has 0 spiro atoms. The van der Waals surface area contributed by atoms with E-state index in [0.717, 1.165) is 17.7 Å². The van der Waals surface area contributed by atoms with E-state index in [1.54, 1.807) is 15.6 Å². The zero-order valence-electron chi connectivity index (χ0n) is 12.6. The van der Waals surface area contributed by atoms with Crippen molar-refractivity contribution in [2.24, 2.45) is 0 Å². The van der Waals surface area contributed by atoms with Crippen molar-refractivity contribution in [3.05, 3.63) is 28.5 Å². The molecule has 122 valence electrons. The van der Waals surface area contributed by atoms with Crippen molar-refractivity contribution in [1.82, 2.24) is 4.31 Å². The van der Waals surface area contributed by atoms with E-state index in [1.807, 2.05) is 29.7 Å². The van der Waals surface area contributed by atoms with E-state index in [-0.39, 0.29) is 24.2 Å². The lowest BCUT2D eigenvalue weighted by Gasteiger charge is -2.21. The van der Waals surface area contributed by atoms with Crippen LogP contribution in [0.4, 0.5) is 0 Å². The number of carbonyl (C=O) groups excluding carboxylic acids is 1. The van der Waals surface area contributed by atoms with Gasteiger partial charge in [0.25, 0.3) is 0 Å². The Bertz CT molecular complexity index is 607. The molecule has 0 aliphatic carbocycles. The predicted octanol–water partition coefficient (Wildman–Crippen LogP) is 2.51. The molecular weight excluding hydrogens is 322 g/mol. The summed E-state index contributed by atoms with van der Waals surface area (Å²) < 4.78 is 30.9. The maximum Gasteiger partial charge on any atom is 0.305 e. The van der Waals surface area contributed by atoms with Gasteiger partial charge in [-0.1, -0.05) is 12.1 Å². The molecule has 2 heterocycles. The van der Waals surface area contributed by atoms with Gasteiger partial charge < -0.3 is 4.74 Å². The Hall–Kier alpha value is -1.18. The second-order valence-corrected chi connectivity index (χ2v) is 8.21. The molecule has 0 N–H and O–H groups in total. The SMILES string of the molecule is COC(=O)CCCS(=O)(=O)N1CCCC1/C=C/c1cccs1. The fourth-order valence-corrected chi connectivity index (χ4v) is 4.88. The Kier molecular flexibility index (Phi) is 6.16. The quantitative estimate of drug-likeness (QED) is 0.714. The Morgan fingerprint density at radius 3 is 3.05 bits per heavy atom. The summed E-state index contributed by atoms with van der Waals surface area (Å²) in [4.78, 5) is 12.2. The molecule has 1 aliphatic rings. The summed E-state index contributed by atoms with van der Waals surface area (Å²) >= 11 is 1.63. The first-order valence-corrected chi connectivity index (χ1v) is 9.80. The summed E-state index contributed by atoms with van der Waals surface area (Å²) in [6.07, 6.45) is 6.11. The standard InChI is InChI=1S/C15H21NO4S2/c1-20-15(17)7-4-12-22(18,19)16-10-2-5-13(16)8-9-14-6-3-11-21-14/h3,6,8-9,11,13H,2,4-5,7,10,12H2,1H3/b9-8+. The summed E-state index contributed by atoms with van der Waals surface area (Å²) in [6.45, 7) is 0.556. The third kappa shape index (κ3) is 4.66. The van der Waals surface area contributed by atoms with Crippen LogP contribution in [-0.2, 0) is 19.6 Å². The van der Waals surface area contributed by atoms with E-state index >= 15 is 0 Å². The Morgan fingerprint density at radius 2 is 2.36 bits per heavy atom. The van der Waals surface area contributed by atoms with Gasteiger partial charge in [0.2, 0.25) is 10.0 Å². The number of methoxy groups -OCH3 is 1. The summed E-state index contributed by atoms with van der Waals surface area (Å²) in [6, 6.07) is 3.90. The van der Waals surface area contributed by atoms with Crippen molar-refractivity contribution in [2.45, 2.75) is 31.7 Å². The monoisotopic (exact) mass is 343 g/mol. The van der Waals surface area contributed by atoms with E-state index in [0.29, 0.717) is 13.0 Å². The highest BCUT2D eigenvalue weighted by Crippen LogP contribution is 2.24. The van der Waals surface area contributed by atoms with Gasteiger partial charge in [-0.05, 0) is 36.8 Å². The zero-order valence-corrected chi connectivity index (χ0v) is 14.2. The number of esters is 1. The Balaban J connectivity index is 1.95. The normalized spacial score (nSPS) is 19.8. The number of hydrogen-bond donors (Lipinski definition) is 0. The van der Waals surface area contributed by atoms with Gasteiger partial charge in [-0.3, -0.25) is 4.79 Å². The first kappa shape index (κ1) is 17.2. The van der Waals surface area contributed by atoms with Gasteiger partial charge in [-0.2, -0.15) is 4.31 Å². The molecule has 1 aromatic rings. The van der Waals surface area contributed by atoms with Gasteiger partial charge >= 0.3 is 5.97 Å².